The molecule has 1 aliphatic heterocycles. The Balaban J connectivity index is 0.939. The lowest BCUT2D eigenvalue weighted by atomic mass is 9.91. The summed E-state index contributed by atoms with van der Waals surface area (Å²) in [7, 11) is 0. The molecule has 2 aliphatic rings. The number of allylic oxidation sites excluding steroid dienone is 2. The third-order valence-electron chi connectivity index (χ3n) is 12.5. The topological polar surface area (TPSA) is 82.9 Å². The Morgan fingerprint density at radius 2 is 0.647 bits per heavy atom. The normalized spacial score (nSPS) is 14.6. The molecule has 2 unspecified atom stereocenters. The molecule has 0 saturated heterocycles. The van der Waals surface area contributed by atoms with Crippen molar-refractivity contribution in [2.45, 2.75) is 12.2 Å². The van der Waals surface area contributed by atoms with Gasteiger partial charge in [-0.3, -0.25) is 9.97 Å². The second-order valence-electron chi connectivity index (χ2n) is 16.8. The van der Waals surface area contributed by atoms with E-state index in [9.17, 15) is 0 Å². The molecule has 0 bridgehead atoms. The van der Waals surface area contributed by atoms with Crippen molar-refractivity contribution in [2.24, 2.45) is 0 Å². The summed E-state index contributed by atoms with van der Waals surface area (Å²) < 4.78 is 13.8. The van der Waals surface area contributed by atoms with Crippen LogP contribution in [0.5, 0.6) is 11.5 Å². The summed E-state index contributed by atoms with van der Waals surface area (Å²) in [6.07, 6.45) is 14.9. The Labute approximate surface area is 394 Å². The summed E-state index contributed by atoms with van der Waals surface area (Å²) in [6, 6.07) is 64.8. The fourth-order valence-electron chi connectivity index (χ4n) is 8.93. The van der Waals surface area contributed by atoms with Gasteiger partial charge in [0.05, 0.1) is 0 Å². The van der Waals surface area contributed by atoms with Gasteiger partial charge < -0.3 is 9.47 Å². The van der Waals surface area contributed by atoms with Crippen LogP contribution in [0.4, 0.5) is 0 Å². The van der Waals surface area contributed by atoms with Crippen molar-refractivity contribution in [1.29, 1.82) is 0 Å². The molecular weight excluding hydrogens is 835 g/mol. The first-order valence-corrected chi connectivity index (χ1v) is 22.7. The smallest absolute Gasteiger partial charge is 0.170 e. The van der Waals surface area contributed by atoms with Gasteiger partial charge in [-0.05, 0) is 99.1 Å². The molecule has 1 aliphatic carbocycles. The van der Waals surface area contributed by atoms with E-state index >= 15 is 0 Å². The van der Waals surface area contributed by atoms with E-state index in [2.05, 4.69) is 186 Å². The van der Waals surface area contributed by atoms with Gasteiger partial charge in [0.1, 0.15) is 0 Å². The SMILES string of the molecule is C1=CC2Oc3c(-c4ccc(-c5nc(-c6ccc(-c7ccccc7)cc6)nc(-c6ccc(-c7ccccc7)cc6)n5)cc4)ccc(-c4cc(-c5cccnc5)cc(-c5cccnc5)c4)c3OC2C=C1. The molecule has 0 amide bonds. The number of ether oxygens (including phenoxy) is 2. The van der Waals surface area contributed by atoms with Crippen molar-refractivity contribution in [2.75, 3.05) is 0 Å². The molecule has 2 atom stereocenters. The van der Waals surface area contributed by atoms with Gasteiger partial charge in [0.25, 0.3) is 0 Å². The van der Waals surface area contributed by atoms with Crippen LogP contribution in [0.15, 0.2) is 237 Å². The third kappa shape index (κ3) is 8.03. The standard InChI is InChI=1S/C61H41N5O2/c1-3-11-40(12-4-1)42-19-25-45(26-20-42)59-64-60(46-27-21-43(22-28-46)41-13-5-2-6-14-41)66-61(65-59)47-29-23-44(24-30-47)53-31-32-54(58-57(53)67-55-17-7-8-18-56(55)68-58)52-36-50(48-15-9-33-62-38-48)35-51(37-52)49-16-10-34-63-39-49/h1-39,55-56H. The number of aromatic nitrogens is 5. The molecule has 0 fully saturated rings. The van der Waals surface area contributed by atoms with Gasteiger partial charge in [-0.15, -0.1) is 0 Å². The summed E-state index contributed by atoms with van der Waals surface area (Å²) in [6.45, 7) is 0. The van der Waals surface area contributed by atoms with Crippen LogP contribution >= 0.6 is 0 Å². The van der Waals surface area contributed by atoms with E-state index in [1.165, 1.54) is 0 Å². The monoisotopic (exact) mass is 875 g/mol. The average Bonchev–Trinajstić information content (AvgIpc) is 3.43. The van der Waals surface area contributed by atoms with Crippen LogP contribution in [0.3, 0.4) is 0 Å². The highest BCUT2D eigenvalue weighted by molar-refractivity contribution is 5.88. The summed E-state index contributed by atoms with van der Waals surface area (Å²) >= 11 is 0. The molecule has 0 radical (unpaired) electrons. The zero-order chi connectivity index (χ0) is 45.2. The first kappa shape index (κ1) is 40.4. The van der Waals surface area contributed by atoms with Gasteiger partial charge >= 0.3 is 0 Å². The van der Waals surface area contributed by atoms with Gasteiger partial charge in [-0.2, -0.15) is 0 Å². The van der Waals surface area contributed by atoms with Crippen molar-refractivity contribution >= 4 is 0 Å². The molecule has 0 spiro atoms. The average molecular weight is 876 g/mol. The summed E-state index contributed by atoms with van der Waals surface area (Å²) in [4.78, 5) is 24.1. The molecule has 3 aromatic heterocycles. The first-order chi connectivity index (χ1) is 33.7. The Bertz CT molecular complexity index is 3310. The molecule has 7 nitrogen and oxygen atoms in total. The number of nitrogens with zero attached hydrogens (tertiary/aromatic N) is 5. The zero-order valence-corrected chi connectivity index (χ0v) is 36.7. The lowest BCUT2D eigenvalue weighted by Crippen LogP contribution is -2.38. The zero-order valence-electron chi connectivity index (χ0n) is 36.7. The number of hydrogen-bond acceptors (Lipinski definition) is 7. The highest BCUT2D eigenvalue weighted by atomic mass is 16.6. The van der Waals surface area contributed by atoms with Crippen LogP contribution in [0.25, 0.3) is 101 Å². The predicted molar refractivity (Wildman–Crippen MR) is 271 cm³/mol. The van der Waals surface area contributed by atoms with Gasteiger partial charge in [0, 0.05) is 63.7 Å². The van der Waals surface area contributed by atoms with Crippen LogP contribution in [-0.2, 0) is 0 Å². The number of pyridine rings is 2. The van der Waals surface area contributed by atoms with E-state index in [4.69, 9.17) is 24.4 Å². The van der Waals surface area contributed by atoms with Crippen LogP contribution in [0, 0.1) is 0 Å². The first-order valence-electron chi connectivity index (χ1n) is 22.7. The molecule has 4 heterocycles. The molecule has 68 heavy (non-hydrogen) atoms. The molecule has 322 valence electrons. The summed E-state index contributed by atoms with van der Waals surface area (Å²) in [5.41, 5.74) is 15.1. The van der Waals surface area contributed by atoms with E-state index < -0.39 is 0 Å². The van der Waals surface area contributed by atoms with Crippen LogP contribution < -0.4 is 9.47 Å². The molecule has 12 rings (SSSR count). The second-order valence-corrected chi connectivity index (χ2v) is 16.8. The maximum Gasteiger partial charge on any atom is 0.170 e. The third-order valence-corrected chi connectivity index (χ3v) is 12.5. The highest BCUT2D eigenvalue weighted by Gasteiger charge is 2.33. The Hall–Kier alpha value is -9.07. The minimum absolute atomic E-state index is 0.278. The van der Waals surface area contributed by atoms with Gasteiger partial charge in [-0.25, -0.2) is 15.0 Å². The largest absolute Gasteiger partial charge is 0.478 e. The quantitative estimate of drug-likeness (QED) is 0.143. The Kier molecular flexibility index (Phi) is 10.5. The second kappa shape index (κ2) is 17.7. The van der Waals surface area contributed by atoms with E-state index in [-0.39, 0.29) is 12.2 Å². The number of hydrogen-bond donors (Lipinski definition) is 0. The van der Waals surface area contributed by atoms with E-state index in [1.807, 2.05) is 48.8 Å². The fourth-order valence-corrected chi connectivity index (χ4v) is 8.93. The van der Waals surface area contributed by atoms with Crippen LogP contribution in [-0.4, -0.2) is 37.1 Å². The van der Waals surface area contributed by atoms with Crippen LogP contribution in [0.1, 0.15) is 0 Å². The number of benzene rings is 7. The van der Waals surface area contributed by atoms with E-state index in [1.54, 1.807) is 12.4 Å². The summed E-state index contributed by atoms with van der Waals surface area (Å²) in [5, 5.41) is 0. The van der Waals surface area contributed by atoms with Crippen molar-refractivity contribution in [3.63, 3.8) is 0 Å². The molecular formula is C61H41N5O2. The predicted octanol–water partition coefficient (Wildman–Crippen LogP) is 14.3. The minimum Gasteiger partial charge on any atom is -0.478 e. The lowest BCUT2D eigenvalue weighted by molar-refractivity contribution is 0.0769. The highest BCUT2D eigenvalue weighted by Crippen LogP contribution is 2.50. The molecule has 10 aromatic rings. The Morgan fingerprint density at radius 1 is 0.294 bits per heavy atom. The summed E-state index contributed by atoms with van der Waals surface area (Å²) in [5.74, 6) is 3.15. The molecule has 0 saturated carbocycles. The van der Waals surface area contributed by atoms with Gasteiger partial charge in [0.2, 0.25) is 0 Å². The molecule has 0 N–H and O–H groups in total. The maximum atomic E-state index is 6.93. The van der Waals surface area contributed by atoms with Crippen molar-refractivity contribution in [1.82, 2.24) is 24.9 Å². The number of fused-ring (bicyclic) bond motifs is 2. The van der Waals surface area contributed by atoms with Gasteiger partial charge in [0.15, 0.2) is 41.2 Å². The minimum atomic E-state index is -0.279. The molecule has 7 heteroatoms. The van der Waals surface area contributed by atoms with Crippen molar-refractivity contribution < 1.29 is 9.47 Å². The van der Waals surface area contributed by atoms with E-state index in [0.29, 0.717) is 29.0 Å². The number of rotatable bonds is 9. The van der Waals surface area contributed by atoms with Gasteiger partial charge in [-0.1, -0.05) is 158 Å². The molecule has 7 aromatic carbocycles. The van der Waals surface area contributed by atoms with E-state index in [0.717, 1.165) is 83.5 Å². The van der Waals surface area contributed by atoms with Crippen molar-refractivity contribution in [3.05, 3.63) is 237 Å². The maximum absolute atomic E-state index is 6.93. The fraction of sp³-hybridized carbons (Fsp3) is 0.0328. The van der Waals surface area contributed by atoms with Crippen molar-refractivity contribution in [3.8, 4) is 112 Å². The lowest BCUT2D eigenvalue weighted by Gasteiger charge is -2.34. The van der Waals surface area contributed by atoms with Crippen LogP contribution in [0.2, 0.25) is 0 Å². The Morgan fingerprint density at radius 3 is 1.06 bits per heavy atom.